The molecule has 0 aliphatic heterocycles. The molecule has 3 aliphatic rings. The van der Waals surface area contributed by atoms with Gasteiger partial charge in [-0.2, -0.15) is 0 Å². The number of benzene rings is 5. The molecule has 5 aromatic carbocycles. The fourth-order valence-electron chi connectivity index (χ4n) is 7.76. The molecule has 1 atom stereocenters. The van der Waals surface area contributed by atoms with Gasteiger partial charge in [-0.3, -0.25) is 0 Å². The minimum absolute atomic E-state index is 0.398. The first kappa shape index (κ1) is 26.4. The lowest BCUT2D eigenvalue weighted by atomic mass is 9.58. The van der Waals surface area contributed by atoms with Crippen molar-refractivity contribution in [1.29, 1.82) is 0 Å². The Morgan fingerprint density at radius 1 is 0.591 bits per heavy atom. The van der Waals surface area contributed by atoms with Gasteiger partial charge in [0.2, 0.25) is 0 Å². The van der Waals surface area contributed by atoms with Gasteiger partial charge in [-0.05, 0) is 104 Å². The van der Waals surface area contributed by atoms with E-state index in [0.29, 0.717) is 0 Å². The topological polar surface area (TPSA) is 0 Å². The van der Waals surface area contributed by atoms with Gasteiger partial charge in [-0.15, -0.1) is 0 Å². The monoisotopic (exact) mass is 562 g/mol. The zero-order valence-corrected chi connectivity index (χ0v) is 25.2. The Balaban J connectivity index is 1.64. The number of aryl methyl sites for hydroxylation is 1. The van der Waals surface area contributed by atoms with Crippen LogP contribution in [0.3, 0.4) is 0 Å². The van der Waals surface area contributed by atoms with Crippen molar-refractivity contribution >= 4 is 22.8 Å². The number of hydrogen-bond donors (Lipinski definition) is 0. The molecular formula is C44H34. The average molecular weight is 563 g/mol. The molecule has 0 radical (unpaired) electrons. The van der Waals surface area contributed by atoms with Gasteiger partial charge >= 0.3 is 0 Å². The first-order valence-electron chi connectivity index (χ1n) is 15.6. The second-order valence-electron chi connectivity index (χ2n) is 12.2. The predicted octanol–water partition coefficient (Wildman–Crippen LogP) is 9.37. The van der Waals surface area contributed by atoms with Crippen LogP contribution in [0.5, 0.6) is 0 Å². The molecule has 44 heavy (non-hydrogen) atoms. The number of fused-ring (bicyclic) bond motifs is 2. The maximum Gasteiger partial charge on any atom is 0.0444 e. The third kappa shape index (κ3) is 4.06. The minimum atomic E-state index is -0.398. The lowest BCUT2D eigenvalue weighted by Gasteiger charge is -2.44. The summed E-state index contributed by atoms with van der Waals surface area (Å²) in [6, 6.07) is 49.0. The summed E-state index contributed by atoms with van der Waals surface area (Å²) in [4.78, 5) is 0. The molecule has 0 heterocycles. The van der Waals surface area contributed by atoms with E-state index < -0.39 is 5.41 Å². The first-order chi connectivity index (χ1) is 21.6. The van der Waals surface area contributed by atoms with Crippen molar-refractivity contribution in [2.75, 3.05) is 0 Å². The van der Waals surface area contributed by atoms with Crippen molar-refractivity contribution in [3.05, 3.63) is 201 Å². The van der Waals surface area contributed by atoms with Gasteiger partial charge in [0, 0.05) is 5.41 Å². The van der Waals surface area contributed by atoms with Crippen LogP contribution in [-0.2, 0) is 5.41 Å². The maximum atomic E-state index is 2.49. The molecule has 1 unspecified atom stereocenters. The van der Waals surface area contributed by atoms with E-state index in [1.165, 1.54) is 77.3 Å². The third-order valence-corrected chi connectivity index (χ3v) is 9.55. The van der Waals surface area contributed by atoms with Crippen molar-refractivity contribution < 1.29 is 0 Å². The highest BCUT2D eigenvalue weighted by molar-refractivity contribution is 6.23. The molecule has 0 saturated heterocycles. The summed E-state index contributed by atoms with van der Waals surface area (Å²) < 4.78 is 0. The van der Waals surface area contributed by atoms with Gasteiger partial charge in [-0.25, -0.2) is 0 Å². The maximum absolute atomic E-state index is 2.49. The molecule has 0 nitrogen and oxygen atoms in total. The van der Waals surface area contributed by atoms with Crippen molar-refractivity contribution in [1.82, 2.24) is 0 Å². The zero-order chi connectivity index (χ0) is 29.7. The number of allylic oxidation sites excluding steroid dienone is 8. The normalized spacial score (nSPS) is 18.7. The molecule has 8 rings (SSSR count). The Morgan fingerprint density at radius 2 is 1.18 bits per heavy atom. The zero-order valence-electron chi connectivity index (χ0n) is 25.2. The van der Waals surface area contributed by atoms with Crippen LogP contribution < -0.4 is 10.4 Å². The van der Waals surface area contributed by atoms with Crippen molar-refractivity contribution in [2.45, 2.75) is 25.7 Å². The standard InChI is InChI=1S/C44H34/c1-30-27-35-29-38-41(39(35)37(28-30)31-17-7-3-8-18-31)40(32-19-9-4-10-20-32)43(34-21-11-5-12-22-34)44(2,36-25-13-6-14-26-36)42(38)33-23-15-16-24-33/h3-23,25-29H,24H2,1-2H3. The SMILES string of the molecule is Cc1cc(-c2ccccc2)c2c(c1)=CC1=C(C3=CC=CC3)C(C)(c3ccccc3)C(c3ccccc3)=C(c3ccccc3)C=21. The van der Waals surface area contributed by atoms with Gasteiger partial charge in [0.1, 0.15) is 0 Å². The Morgan fingerprint density at radius 3 is 1.80 bits per heavy atom. The Hall–Kier alpha value is -5.20. The Bertz CT molecular complexity index is 2160. The van der Waals surface area contributed by atoms with E-state index in [0.717, 1.165) is 6.42 Å². The van der Waals surface area contributed by atoms with Crippen LogP contribution in [0.15, 0.2) is 168 Å². The molecular weight excluding hydrogens is 528 g/mol. The van der Waals surface area contributed by atoms with Gasteiger partial charge < -0.3 is 0 Å². The van der Waals surface area contributed by atoms with Crippen LogP contribution >= 0.6 is 0 Å². The van der Waals surface area contributed by atoms with Gasteiger partial charge in [0.05, 0.1) is 0 Å². The van der Waals surface area contributed by atoms with Crippen molar-refractivity contribution in [3.8, 4) is 11.1 Å². The lowest BCUT2D eigenvalue weighted by Crippen LogP contribution is -2.34. The minimum Gasteiger partial charge on any atom is -0.0801 e. The van der Waals surface area contributed by atoms with Crippen molar-refractivity contribution in [3.63, 3.8) is 0 Å². The number of hydrogen-bond acceptors (Lipinski definition) is 0. The lowest BCUT2D eigenvalue weighted by molar-refractivity contribution is 0.724. The summed E-state index contributed by atoms with van der Waals surface area (Å²) in [7, 11) is 0. The molecule has 3 aliphatic carbocycles. The van der Waals surface area contributed by atoms with E-state index in [2.05, 4.69) is 172 Å². The highest BCUT2D eigenvalue weighted by Gasteiger charge is 2.46. The first-order valence-corrected chi connectivity index (χ1v) is 15.6. The molecule has 5 aromatic rings. The molecule has 0 saturated carbocycles. The fourth-order valence-corrected chi connectivity index (χ4v) is 7.76. The summed E-state index contributed by atoms with van der Waals surface area (Å²) in [6.07, 6.45) is 10.3. The van der Waals surface area contributed by atoms with Crippen LogP contribution in [0.2, 0.25) is 0 Å². The molecule has 0 aromatic heterocycles. The van der Waals surface area contributed by atoms with Crippen molar-refractivity contribution in [2.24, 2.45) is 0 Å². The van der Waals surface area contributed by atoms with Crippen LogP contribution in [0, 0.1) is 6.92 Å². The van der Waals surface area contributed by atoms with E-state index in [-0.39, 0.29) is 0 Å². The van der Waals surface area contributed by atoms with Crippen LogP contribution in [0.1, 0.15) is 35.6 Å². The molecule has 0 fully saturated rings. The molecule has 0 spiro atoms. The highest BCUT2D eigenvalue weighted by atomic mass is 14.5. The van der Waals surface area contributed by atoms with E-state index in [1.807, 2.05) is 0 Å². The smallest absolute Gasteiger partial charge is 0.0444 e. The van der Waals surface area contributed by atoms with Gasteiger partial charge in [-0.1, -0.05) is 152 Å². The molecule has 0 N–H and O–H groups in total. The summed E-state index contributed by atoms with van der Waals surface area (Å²) >= 11 is 0. The molecule has 0 bridgehead atoms. The van der Waals surface area contributed by atoms with E-state index in [1.54, 1.807) is 0 Å². The van der Waals surface area contributed by atoms with Crippen LogP contribution in [0.4, 0.5) is 0 Å². The van der Waals surface area contributed by atoms with Gasteiger partial charge in [0.15, 0.2) is 0 Å². The molecule has 0 heteroatoms. The molecule has 210 valence electrons. The summed E-state index contributed by atoms with van der Waals surface area (Å²) in [5.41, 5.74) is 15.4. The van der Waals surface area contributed by atoms with E-state index in [9.17, 15) is 0 Å². The predicted molar refractivity (Wildman–Crippen MR) is 186 cm³/mol. The average Bonchev–Trinajstić information content (AvgIpc) is 3.74. The molecule has 0 amide bonds. The summed E-state index contributed by atoms with van der Waals surface area (Å²) in [5, 5.41) is 2.64. The highest BCUT2D eigenvalue weighted by Crippen LogP contribution is 2.58. The van der Waals surface area contributed by atoms with E-state index >= 15 is 0 Å². The van der Waals surface area contributed by atoms with E-state index in [4.69, 9.17) is 0 Å². The second-order valence-corrected chi connectivity index (χ2v) is 12.2. The fraction of sp³-hybridized carbons (Fsp3) is 0.0909. The number of rotatable bonds is 5. The van der Waals surface area contributed by atoms with Gasteiger partial charge in [0.25, 0.3) is 0 Å². The quantitative estimate of drug-likeness (QED) is 0.200. The van der Waals surface area contributed by atoms with Crippen LogP contribution in [-0.4, -0.2) is 0 Å². The van der Waals surface area contributed by atoms with Crippen LogP contribution in [0.25, 0.3) is 33.9 Å². The largest absolute Gasteiger partial charge is 0.0801 e. The summed E-state index contributed by atoms with van der Waals surface area (Å²) in [5.74, 6) is 0. The third-order valence-electron chi connectivity index (χ3n) is 9.55. The Labute approximate surface area is 260 Å². The second kappa shape index (κ2) is 10.5. The summed E-state index contributed by atoms with van der Waals surface area (Å²) in [6.45, 7) is 4.69. The Kier molecular flexibility index (Phi) is 6.31.